The fourth-order valence-electron chi connectivity index (χ4n) is 2.98. The summed E-state index contributed by atoms with van der Waals surface area (Å²) in [5.41, 5.74) is 0.898. The number of carbonyl (C=O) groups is 2. The van der Waals surface area contributed by atoms with E-state index in [1.807, 2.05) is 50.2 Å². The lowest BCUT2D eigenvalue weighted by Crippen LogP contribution is -2.40. The number of rotatable bonds is 6. The highest BCUT2D eigenvalue weighted by Gasteiger charge is 2.35. The second kappa shape index (κ2) is 6.97. The van der Waals surface area contributed by atoms with Gasteiger partial charge in [0, 0.05) is 12.1 Å². The summed E-state index contributed by atoms with van der Waals surface area (Å²) in [6.45, 7) is 4.20. The summed E-state index contributed by atoms with van der Waals surface area (Å²) in [5.74, 6) is -1.87. The fourth-order valence-corrected chi connectivity index (χ4v) is 2.98. The van der Waals surface area contributed by atoms with Crippen LogP contribution in [0.1, 0.15) is 19.4 Å². The number of nitrogens with one attached hydrogen (secondary N) is 1. The first-order chi connectivity index (χ1) is 12.0. The molecule has 0 saturated carbocycles. The van der Waals surface area contributed by atoms with Gasteiger partial charge in [-0.1, -0.05) is 42.5 Å². The van der Waals surface area contributed by atoms with Gasteiger partial charge in [0.05, 0.1) is 17.9 Å². The minimum atomic E-state index is -0.975. The maximum absolute atomic E-state index is 12.3. The summed E-state index contributed by atoms with van der Waals surface area (Å²) in [7, 11) is 0. The molecular weight excluding hydrogens is 318 g/mol. The van der Waals surface area contributed by atoms with Crippen LogP contribution in [0.2, 0.25) is 0 Å². The molecule has 0 radical (unpaired) electrons. The van der Waals surface area contributed by atoms with Gasteiger partial charge in [-0.15, -0.1) is 0 Å². The van der Waals surface area contributed by atoms with Crippen LogP contribution in [0.5, 0.6) is 5.75 Å². The monoisotopic (exact) mass is 339 g/mol. The van der Waals surface area contributed by atoms with Crippen LogP contribution in [0.3, 0.4) is 0 Å². The first kappa shape index (κ1) is 17.0. The average molecular weight is 339 g/mol. The number of carbonyl (C=O) groups excluding carboxylic acids is 1. The van der Waals surface area contributed by atoms with Gasteiger partial charge in [0.25, 0.3) is 0 Å². The summed E-state index contributed by atoms with van der Waals surface area (Å²) >= 11 is 0. The first-order valence-corrected chi connectivity index (χ1v) is 8.33. The number of carboxylic acid groups (broad SMARTS) is 1. The van der Waals surface area contributed by atoms with Crippen molar-refractivity contribution >= 4 is 22.6 Å². The van der Waals surface area contributed by atoms with Crippen molar-refractivity contribution in [2.24, 2.45) is 11.8 Å². The number of carboxylic acids is 1. The van der Waals surface area contributed by atoms with Crippen molar-refractivity contribution in [3.63, 3.8) is 0 Å². The molecule has 2 aromatic rings. The maximum atomic E-state index is 12.3. The lowest BCUT2D eigenvalue weighted by Gasteiger charge is -2.25. The molecule has 0 saturated heterocycles. The number of aliphatic carboxylic acids is 1. The van der Waals surface area contributed by atoms with E-state index in [0.717, 1.165) is 22.1 Å². The van der Waals surface area contributed by atoms with E-state index in [1.165, 1.54) is 6.08 Å². The van der Waals surface area contributed by atoms with Gasteiger partial charge in [-0.3, -0.25) is 9.59 Å². The van der Waals surface area contributed by atoms with E-state index < -0.39 is 17.8 Å². The van der Waals surface area contributed by atoms with E-state index in [2.05, 4.69) is 5.32 Å². The lowest BCUT2D eigenvalue weighted by molar-refractivity contribution is -0.145. The van der Waals surface area contributed by atoms with Crippen molar-refractivity contribution in [3.8, 4) is 5.75 Å². The molecule has 5 nitrogen and oxygen atoms in total. The molecule has 3 rings (SSSR count). The molecule has 2 aromatic carbocycles. The molecule has 0 aliphatic heterocycles. The fraction of sp³-hybridized carbons (Fsp3) is 0.300. The quantitative estimate of drug-likeness (QED) is 0.793. The maximum Gasteiger partial charge on any atom is 0.311 e. The molecule has 1 amide bonds. The Morgan fingerprint density at radius 1 is 1.12 bits per heavy atom. The van der Waals surface area contributed by atoms with Crippen LogP contribution in [0.15, 0.2) is 48.6 Å². The Morgan fingerprint density at radius 2 is 1.84 bits per heavy atom. The molecule has 2 atom stereocenters. The van der Waals surface area contributed by atoms with Crippen LogP contribution in [0, 0.1) is 11.8 Å². The van der Waals surface area contributed by atoms with Gasteiger partial charge in [-0.05, 0) is 30.7 Å². The third kappa shape index (κ3) is 3.50. The highest BCUT2D eigenvalue weighted by atomic mass is 16.5. The van der Waals surface area contributed by atoms with Crippen molar-refractivity contribution in [2.75, 3.05) is 0 Å². The van der Waals surface area contributed by atoms with Crippen molar-refractivity contribution in [1.29, 1.82) is 0 Å². The highest BCUT2D eigenvalue weighted by Crippen LogP contribution is 2.30. The topological polar surface area (TPSA) is 75.6 Å². The molecule has 25 heavy (non-hydrogen) atoms. The Kier molecular flexibility index (Phi) is 4.74. The summed E-state index contributed by atoms with van der Waals surface area (Å²) in [4.78, 5) is 23.4. The van der Waals surface area contributed by atoms with E-state index in [0.29, 0.717) is 6.54 Å². The van der Waals surface area contributed by atoms with Crippen LogP contribution in [0.25, 0.3) is 10.8 Å². The molecule has 5 heteroatoms. The van der Waals surface area contributed by atoms with Crippen LogP contribution in [-0.2, 0) is 16.1 Å². The minimum Gasteiger partial charge on any atom is -0.491 e. The second-order valence-corrected chi connectivity index (χ2v) is 6.42. The Balaban J connectivity index is 1.83. The summed E-state index contributed by atoms with van der Waals surface area (Å²) in [5, 5.41) is 14.0. The van der Waals surface area contributed by atoms with Gasteiger partial charge >= 0.3 is 5.97 Å². The zero-order valence-corrected chi connectivity index (χ0v) is 14.2. The molecule has 1 aliphatic rings. The molecule has 0 heterocycles. The molecule has 0 spiro atoms. The third-order valence-corrected chi connectivity index (χ3v) is 4.30. The predicted octanol–water partition coefficient (Wildman–Crippen LogP) is 3.13. The van der Waals surface area contributed by atoms with Crippen LogP contribution in [0.4, 0.5) is 0 Å². The third-order valence-electron chi connectivity index (χ3n) is 4.30. The van der Waals surface area contributed by atoms with Gasteiger partial charge in [0.15, 0.2) is 0 Å². The minimum absolute atomic E-state index is 0.0153. The molecule has 130 valence electrons. The Labute approximate surface area is 146 Å². The number of fused-ring (bicyclic) bond motifs is 1. The first-order valence-electron chi connectivity index (χ1n) is 8.33. The van der Waals surface area contributed by atoms with E-state index in [-0.39, 0.29) is 12.0 Å². The molecule has 2 N–H and O–H groups in total. The van der Waals surface area contributed by atoms with E-state index in [1.54, 1.807) is 6.08 Å². The van der Waals surface area contributed by atoms with Gasteiger partial charge in [-0.25, -0.2) is 0 Å². The number of benzene rings is 2. The second-order valence-electron chi connectivity index (χ2n) is 6.42. The van der Waals surface area contributed by atoms with Gasteiger partial charge in [-0.2, -0.15) is 0 Å². The van der Waals surface area contributed by atoms with Crippen molar-refractivity contribution in [3.05, 3.63) is 54.1 Å². The van der Waals surface area contributed by atoms with E-state index >= 15 is 0 Å². The Morgan fingerprint density at radius 3 is 2.48 bits per heavy atom. The Hall–Kier alpha value is -2.82. The SMILES string of the molecule is CC(C)Oc1ccc2ccccc2c1CNC(=O)[C@@H]1C=C[C@@H]1C(=O)O. The van der Waals surface area contributed by atoms with Gasteiger partial charge in [0.2, 0.25) is 5.91 Å². The van der Waals surface area contributed by atoms with Crippen LogP contribution >= 0.6 is 0 Å². The molecule has 1 aliphatic carbocycles. The highest BCUT2D eigenvalue weighted by molar-refractivity contribution is 5.91. The van der Waals surface area contributed by atoms with Crippen molar-refractivity contribution < 1.29 is 19.4 Å². The molecule has 0 aromatic heterocycles. The molecular formula is C20H21NO4. The molecule has 0 fully saturated rings. The Bertz CT molecular complexity index is 841. The number of ether oxygens (including phenoxy) is 1. The number of amides is 1. The largest absolute Gasteiger partial charge is 0.491 e. The zero-order valence-electron chi connectivity index (χ0n) is 14.2. The number of hydrogen-bond donors (Lipinski definition) is 2. The zero-order chi connectivity index (χ0) is 18.0. The van der Waals surface area contributed by atoms with Gasteiger partial charge in [0.1, 0.15) is 5.75 Å². The van der Waals surface area contributed by atoms with E-state index in [9.17, 15) is 9.59 Å². The average Bonchev–Trinajstić information content (AvgIpc) is 2.51. The smallest absolute Gasteiger partial charge is 0.311 e. The van der Waals surface area contributed by atoms with Crippen molar-refractivity contribution in [2.45, 2.75) is 26.5 Å². The van der Waals surface area contributed by atoms with Crippen molar-refractivity contribution in [1.82, 2.24) is 5.32 Å². The number of hydrogen-bond acceptors (Lipinski definition) is 3. The standard InChI is InChI=1S/C20H21NO4/c1-12(2)25-18-10-7-13-5-3-4-6-14(13)17(18)11-21-19(22)15-8-9-16(15)20(23)24/h3-10,12,15-16H,11H2,1-2H3,(H,21,22)(H,23,24)/t15-,16+/m1/s1. The van der Waals surface area contributed by atoms with E-state index in [4.69, 9.17) is 9.84 Å². The normalized spacial score (nSPS) is 18.8. The van der Waals surface area contributed by atoms with Gasteiger partial charge < -0.3 is 15.2 Å². The van der Waals surface area contributed by atoms with Crippen LogP contribution < -0.4 is 10.1 Å². The summed E-state index contributed by atoms with van der Waals surface area (Å²) < 4.78 is 5.89. The lowest BCUT2D eigenvalue weighted by atomic mass is 9.81. The summed E-state index contributed by atoms with van der Waals surface area (Å²) in [6, 6.07) is 11.8. The molecule has 0 unspecified atom stereocenters. The summed E-state index contributed by atoms with van der Waals surface area (Å²) in [6.07, 6.45) is 3.18. The molecule has 0 bridgehead atoms. The van der Waals surface area contributed by atoms with Crippen LogP contribution in [-0.4, -0.2) is 23.1 Å². The predicted molar refractivity (Wildman–Crippen MR) is 95.3 cm³/mol.